The van der Waals surface area contributed by atoms with Gasteiger partial charge >= 0.3 is 5.97 Å². The van der Waals surface area contributed by atoms with Gasteiger partial charge in [0.1, 0.15) is 22.8 Å². The van der Waals surface area contributed by atoms with Crippen molar-refractivity contribution < 1.29 is 23.7 Å². The number of ether oxygens (including phenoxy) is 4. The number of benzene rings is 2. The van der Waals surface area contributed by atoms with Gasteiger partial charge in [-0.15, -0.1) is 0 Å². The first-order valence-electron chi connectivity index (χ1n) is 10.4. The predicted molar refractivity (Wildman–Crippen MR) is 126 cm³/mol. The zero-order valence-electron chi connectivity index (χ0n) is 18.9. The van der Waals surface area contributed by atoms with Crippen molar-refractivity contribution in [2.24, 2.45) is 0 Å². The van der Waals surface area contributed by atoms with Crippen LogP contribution in [0.2, 0.25) is 0 Å². The Kier molecular flexibility index (Phi) is 6.40. The highest BCUT2D eigenvalue weighted by molar-refractivity contribution is 6.08. The molecule has 0 bridgehead atoms. The maximum Gasteiger partial charge on any atom is 0.340 e. The molecule has 4 aromatic rings. The molecule has 7 nitrogen and oxygen atoms in total. The summed E-state index contributed by atoms with van der Waals surface area (Å²) in [5, 5.41) is 0.698. The first kappa shape index (κ1) is 22.1. The Balaban J connectivity index is 1.94. The van der Waals surface area contributed by atoms with E-state index in [0.717, 1.165) is 22.6 Å². The smallest absolute Gasteiger partial charge is 0.340 e. The third kappa shape index (κ3) is 4.17. The fraction of sp³-hybridized carbons (Fsp3) is 0.192. The van der Waals surface area contributed by atoms with Crippen molar-refractivity contribution in [3.05, 3.63) is 66.5 Å². The molecule has 0 unspecified atom stereocenters. The van der Waals surface area contributed by atoms with Crippen molar-refractivity contribution in [3.63, 3.8) is 0 Å². The van der Waals surface area contributed by atoms with Crippen molar-refractivity contribution in [2.45, 2.75) is 6.92 Å². The molecular formula is C26H24N2O5. The largest absolute Gasteiger partial charge is 0.497 e. The van der Waals surface area contributed by atoms with E-state index in [2.05, 4.69) is 9.97 Å². The first-order valence-corrected chi connectivity index (χ1v) is 10.4. The molecule has 0 aliphatic heterocycles. The van der Waals surface area contributed by atoms with E-state index in [1.54, 1.807) is 40.5 Å². The second-order valence-electron chi connectivity index (χ2n) is 7.13. The number of pyridine rings is 2. The summed E-state index contributed by atoms with van der Waals surface area (Å²) in [4.78, 5) is 21.9. The molecule has 0 saturated heterocycles. The normalized spacial score (nSPS) is 10.7. The molecule has 0 fully saturated rings. The lowest BCUT2D eigenvalue weighted by molar-refractivity contribution is 0.0527. The molecule has 0 aliphatic rings. The SMILES string of the molecule is CCOC(=O)c1cnc2c(OC)cc(OC)cc2c1-c1ccc(-c2ccccc2OC)nc1. The molecule has 0 spiro atoms. The molecule has 0 atom stereocenters. The molecule has 2 aromatic carbocycles. The molecule has 2 aromatic heterocycles. The average Bonchev–Trinajstić information content (AvgIpc) is 2.87. The molecule has 4 rings (SSSR count). The minimum Gasteiger partial charge on any atom is -0.497 e. The van der Waals surface area contributed by atoms with Gasteiger partial charge < -0.3 is 18.9 Å². The van der Waals surface area contributed by atoms with Gasteiger partial charge in [-0.05, 0) is 31.2 Å². The van der Waals surface area contributed by atoms with E-state index < -0.39 is 5.97 Å². The molecule has 33 heavy (non-hydrogen) atoms. The second-order valence-corrected chi connectivity index (χ2v) is 7.13. The number of aromatic nitrogens is 2. The fourth-order valence-electron chi connectivity index (χ4n) is 3.75. The van der Waals surface area contributed by atoms with Gasteiger partial charge in [0.15, 0.2) is 0 Å². The summed E-state index contributed by atoms with van der Waals surface area (Å²) in [6.45, 7) is 2.02. The number of fused-ring (bicyclic) bond motifs is 1. The summed E-state index contributed by atoms with van der Waals surface area (Å²) in [5.41, 5.74) is 3.96. The summed E-state index contributed by atoms with van der Waals surface area (Å²) < 4.78 is 21.7. The van der Waals surface area contributed by atoms with Crippen LogP contribution >= 0.6 is 0 Å². The number of rotatable bonds is 7. The van der Waals surface area contributed by atoms with Crippen LogP contribution in [-0.2, 0) is 4.74 Å². The van der Waals surface area contributed by atoms with Gasteiger partial charge in [0.05, 0.1) is 39.2 Å². The minimum atomic E-state index is -0.461. The third-order valence-electron chi connectivity index (χ3n) is 5.30. The number of nitrogens with zero attached hydrogens (tertiary/aromatic N) is 2. The molecule has 0 radical (unpaired) electrons. The Morgan fingerprint density at radius 3 is 2.33 bits per heavy atom. The van der Waals surface area contributed by atoms with Crippen LogP contribution in [-0.4, -0.2) is 43.9 Å². The highest BCUT2D eigenvalue weighted by Gasteiger charge is 2.21. The molecule has 0 N–H and O–H groups in total. The van der Waals surface area contributed by atoms with Crippen molar-refractivity contribution >= 4 is 16.9 Å². The van der Waals surface area contributed by atoms with Crippen molar-refractivity contribution in [1.29, 1.82) is 0 Å². The summed E-state index contributed by atoms with van der Waals surface area (Å²) in [6, 6.07) is 15.1. The number of carbonyl (C=O) groups is 1. The third-order valence-corrected chi connectivity index (χ3v) is 5.30. The Morgan fingerprint density at radius 1 is 0.879 bits per heavy atom. The molecule has 7 heteroatoms. The lowest BCUT2D eigenvalue weighted by atomic mass is 9.96. The van der Waals surface area contributed by atoms with Gasteiger partial charge in [0, 0.05) is 40.5 Å². The topological polar surface area (TPSA) is 79.8 Å². The van der Waals surface area contributed by atoms with Crippen LogP contribution in [0.4, 0.5) is 0 Å². The Hall–Kier alpha value is -4.13. The van der Waals surface area contributed by atoms with E-state index in [4.69, 9.17) is 18.9 Å². The van der Waals surface area contributed by atoms with Crippen molar-refractivity contribution in [3.8, 4) is 39.6 Å². The number of methoxy groups -OCH3 is 3. The summed E-state index contributed by atoms with van der Waals surface area (Å²) in [6.07, 6.45) is 3.24. The van der Waals surface area contributed by atoms with E-state index in [9.17, 15) is 4.79 Å². The fourth-order valence-corrected chi connectivity index (χ4v) is 3.75. The number of carbonyl (C=O) groups excluding carboxylic acids is 1. The quantitative estimate of drug-likeness (QED) is 0.364. The van der Waals surface area contributed by atoms with Crippen molar-refractivity contribution in [1.82, 2.24) is 9.97 Å². The monoisotopic (exact) mass is 444 g/mol. The molecule has 0 amide bonds. The van der Waals surface area contributed by atoms with Gasteiger partial charge in [0.25, 0.3) is 0 Å². The van der Waals surface area contributed by atoms with Crippen LogP contribution in [0.3, 0.4) is 0 Å². The van der Waals surface area contributed by atoms with E-state index >= 15 is 0 Å². The number of esters is 1. The Bertz CT molecular complexity index is 1300. The predicted octanol–water partition coefficient (Wildman–Crippen LogP) is 5.17. The molecule has 2 heterocycles. The van der Waals surface area contributed by atoms with E-state index in [-0.39, 0.29) is 6.61 Å². The maximum atomic E-state index is 12.8. The van der Waals surface area contributed by atoms with Gasteiger partial charge in [-0.1, -0.05) is 18.2 Å². The zero-order chi connectivity index (χ0) is 23.4. The average molecular weight is 444 g/mol. The highest BCUT2D eigenvalue weighted by atomic mass is 16.5. The summed E-state index contributed by atoms with van der Waals surface area (Å²) >= 11 is 0. The molecule has 0 saturated carbocycles. The zero-order valence-corrected chi connectivity index (χ0v) is 18.9. The van der Waals surface area contributed by atoms with Gasteiger partial charge in [-0.3, -0.25) is 9.97 Å². The summed E-state index contributed by atoms with van der Waals surface area (Å²) in [7, 11) is 4.77. The Labute approximate surface area is 191 Å². The number of hydrogen-bond donors (Lipinski definition) is 0. The maximum absolute atomic E-state index is 12.8. The van der Waals surface area contributed by atoms with Crippen LogP contribution in [0.5, 0.6) is 17.2 Å². The minimum absolute atomic E-state index is 0.253. The second kappa shape index (κ2) is 9.56. The van der Waals surface area contributed by atoms with Gasteiger partial charge in [0.2, 0.25) is 0 Å². The Morgan fingerprint density at radius 2 is 1.67 bits per heavy atom. The molecular weight excluding hydrogens is 420 g/mol. The lowest BCUT2D eigenvalue weighted by Gasteiger charge is -2.15. The van der Waals surface area contributed by atoms with Crippen LogP contribution < -0.4 is 14.2 Å². The van der Waals surface area contributed by atoms with E-state index in [1.165, 1.54) is 6.20 Å². The van der Waals surface area contributed by atoms with Gasteiger partial charge in [-0.2, -0.15) is 0 Å². The van der Waals surface area contributed by atoms with Crippen LogP contribution in [0.25, 0.3) is 33.3 Å². The molecule has 168 valence electrons. The van der Waals surface area contributed by atoms with Crippen LogP contribution in [0.1, 0.15) is 17.3 Å². The highest BCUT2D eigenvalue weighted by Crippen LogP contribution is 2.38. The number of hydrogen-bond acceptors (Lipinski definition) is 7. The van der Waals surface area contributed by atoms with Gasteiger partial charge in [-0.25, -0.2) is 4.79 Å². The van der Waals surface area contributed by atoms with Crippen LogP contribution in [0.15, 0.2) is 60.9 Å². The molecule has 0 aliphatic carbocycles. The first-order chi connectivity index (χ1) is 16.1. The number of para-hydroxylation sites is 1. The standard InChI is InChI=1S/C26H24N2O5/c1-5-33-26(29)20-15-28-25-19(12-17(30-2)13-23(25)32-4)24(20)16-10-11-21(27-14-16)18-8-6-7-9-22(18)31-3/h6-15H,5H2,1-4H3. The van der Waals surface area contributed by atoms with E-state index in [1.807, 2.05) is 42.5 Å². The van der Waals surface area contributed by atoms with Crippen LogP contribution in [0, 0.1) is 0 Å². The van der Waals surface area contributed by atoms with E-state index in [0.29, 0.717) is 33.5 Å². The lowest BCUT2D eigenvalue weighted by Crippen LogP contribution is -2.08. The summed E-state index contributed by atoms with van der Waals surface area (Å²) in [5.74, 6) is 1.40. The van der Waals surface area contributed by atoms with Crippen molar-refractivity contribution in [2.75, 3.05) is 27.9 Å².